The van der Waals surface area contributed by atoms with E-state index in [-0.39, 0.29) is 16.6 Å². The first-order valence-electron chi connectivity index (χ1n) is 9.43. The Morgan fingerprint density at radius 3 is 2.38 bits per heavy atom. The molecule has 0 spiro atoms. The van der Waals surface area contributed by atoms with E-state index < -0.39 is 14.9 Å². The van der Waals surface area contributed by atoms with Gasteiger partial charge in [-0.15, -0.1) is 0 Å². The second-order valence-corrected chi connectivity index (χ2v) is 9.02. The molecule has 0 amide bonds. The van der Waals surface area contributed by atoms with Crippen LogP contribution in [0.5, 0.6) is 0 Å². The van der Waals surface area contributed by atoms with Gasteiger partial charge in [0.25, 0.3) is 5.69 Å². The molecule has 156 valence electrons. The first-order valence-corrected chi connectivity index (χ1v) is 10.9. The van der Waals surface area contributed by atoms with Crippen LogP contribution in [0.25, 0.3) is 0 Å². The van der Waals surface area contributed by atoms with Gasteiger partial charge in [-0.25, -0.2) is 13.1 Å². The van der Waals surface area contributed by atoms with Gasteiger partial charge in [-0.3, -0.25) is 20.0 Å². The van der Waals surface area contributed by atoms with Gasteiger partial charge in [0, 0.05) is 57.2 Å². The molecule has 0 atom stereocenters. The summed E-state index contributed by atoms with van der Waals surface area (Å²) in [5.74, 6) is 0. The zero-order valence-electron chi connectivity index (χ0n) is 16.5. The van der Waals surface area contributed by atoms with E-state index in [9.17, 15) is 18.5 Å². The lowest BCUT2D eigenvalue weighted by Crippen LogP contribution is -2.46. The van der Waals surface area contributed by atoms with Crippen molar-refractivity contribution in [1.82, 2.24) is 14.6 Å². The van der Waals surface area contributed by atoms with Crippen molar-refractivity contribution in [2.24, 2.45) is 0 Å². The molecule has 0 saturated carbocycles. The van der Waals surface area contributed by atoms with E-state index in [1.807, 2.05) is 17.0 Å². The number of nitro benzene ring substituents is 1. The number of hydrogen-bond acceptors (Lipinski definition) is 7. The smallest absolute Gasteiger partial charge is 0.293 e. The number of pyridine rings is 1. The van der Waals surface area contributed by atoms with Crippen LogP contribution in [0.4, 0.5) is 11.4 Å². The van der Waals surface area contributed by atoms with Gasteiger partial charge in [0.15, 0.2) is 0 Å². The fourth-order valence-electron chi connectivity index (χ4n) is 3.36. The summed E-state index contributed by atoms with van der Waals surface area (Å²) in [6.07, 6.45) is 3.53. The van der Waals surface area contributed by atoms with Crippen molar-refractivity contribution in [2.45, 2.75) is 31.3 Å². The Morgan fingerprint density at radius 1 is 1.14 bits per heavy atom. The summed E-state index contributed by atoms with van der Waals surface area (Å²) in [4.78, 5) is 19.2. The van der Waals surface area contributed by atoms with Crippen molar-refractivity contribution in [1.29, 1.82) is 0 Å². The molecule has 0 unspecified atom stereocenters. The number of sulfonamides is 1. The van der Waals surface area contributed by atoms with Gasteiger partial charge in [-0.1, -0.05) is 0 Å². The Bertz CT molecular complexity index is 958. The lowest BCUT2D eigenvalue weighted by molar-refractivity contribution is -0.384. The molecule has 1 aliphatic rings. The first kappa shape index (κ1) is 21.2. The van der Waals surface area contributed by atoms with Crippen molar-refractivity contribution >= 4 is 21.4 Å². The van der Waals surface area contributed by atoms with Gasteiger partial charge in [0.2, 0.25) is 10.0 Å². The molecule has 0 bridgehead atoms. The van der Waals surface area contributed by atoms with E-state index >= 15 is 0 Å². The summed E-state index contributed by atoms with van der Waals surface area (Å²) in [5.41, 5.74) is 1.42. The van der Waals surface area contributed by atoms with Crippen molar-refractivity contribution in [2.75, 3.05) is 31.1 Å². The third-order valence-electron chi connectivity index (χ3n) is 4.71. The van der Waals surface area contributed by atoms with Crippen LogP contribution in [0.2, 0.25) is 0 Å². The Labute approximate surface area is 170 Å². The molecule has 1 aliphatic heterocycles. The Morgan fingerprint density at radius 2 is 1.79 bits per heavy atom. The normalized spacial score (nSPS) is 15.6. The molecule has 1 aromatic heterocycles. The SMILES string of the molecule is CC(C)NS(=O)(=O)c1ccc(N2CCN(Cc3ccncc3)CC2)c([N+](=O)[O-])c1. The molecular weight excluding hydrogens is 394 g/mol. The summed E-state index contributed by atoms with van der Waals surface area (Å²) in [6, 6.07) is 7.75. The Kier molecular flexibility index (Phi) is 6.46. The number of nitrogens with one attached hydrogen (secondary N) is 1. The standard InChI is InChI=1S/C19H25N5O4S/c1-15(2)21-29(27,28)17-3-4-18(19(13-17)24(25)26)23-11-9-22(10-12-23)14-16-5-7-20-8-6-16/h3-8,13,15,21H,9-12,14H2,1-2H3. The maximum atomic E-state index is 12.4. The van der Waals surface area contributed by atoms with Gasteiger partial charge in [-0.2, -0.15) is 0 Å². The van der Waals surface area contributed by atoms with Gasteiger partial charge >= 0.3 is 0 Å². The number of aromatic nitrogens is 1. The Balaban J connectivity index is 1.75. The van der Waals surface area contributed by atoms with E-state index in [4.69, 9.17) is 0 Å². The zero-order valence-corrected chi connectivity index (χ0v) is 17.3. The number of nitro groups is 1. The van der Waals surface area contributed by atoms with Crippen LogP contribution in [0.3, 0.4) is 0 Å². The average Bonchev–Trinajstić information content (AvgIpc) is 2.68. The van der Waals surface area contributed by atoms with Crippen LogP contribution in [-0.2, 0) is 16.6 Å². The summed E-state index contributed by atoms with van der Waals surface area (Å²) in [7, 11) is -3.79. The topological polar surface area (TPSA) is 109 Å². The lowest BCUT2D eigenvalue weighted by atomic mass is 10.2. The second kappa shape index (κ2) is 8.85. The van der Waals surface area contributed by atoms with E-state index in [0.29, 0.717) is 18.8 Å². The molecule has 2 heterocycles. The molecule has 1 aromatic carbocycles. The first-order chi connectivity index (χ1) is 13.8. The van der Waals surface area contributed by atoms with Gasteiger partial charge < -0.3 is 4.90 Å². The van der Waals surface area contributed by atoms with E-state index in [1.54, 1.807) is 26.2 Å². The molecule has 1 N–H and O–H groups in total. The molecule has 2 aromatic rings. The number of benzene rings is 1. The molecule has 1 fully saturated rings. The maximum Gasteiger partial charge on any atom is 0.293 e. The number of piperazine rings is 1. The van der Waals surface area contributed by atoms with E-state index in [0.717, 1.165) is 25.7 Å². The number of rotatable bonds is 7. The van der Waals surface area contributed by atoms with Crippen LogP contribution in [-0.4, -0.2) is 55.4 Å². The monoisotopic (exact) mass is 419 g/mol. The van der Waals surface area contributed by atoms with Crippen LogP contribution < -0.4 is 9.62 Å². The van der Waals surface area contributed by atoms with Gasteiger partial charge in [0.05, 0.1) is 9.82 Å². The van der Waals surface area contributed by atoms with Crippen LogP contribution >= 0.6 is 0 Å². The average molecular weight is 420 g/mol. The highest BCUT2D eigenvalue weighted by molar-refractivity contribution is 7.89. The summed E-state index contributed by atoms with van der Waals surface area (Å²) in [5, 5.41) is 11.6. The summed E-state index contributed by atoms with van der Waals surface area (Å²) < 4.78 is 27.2. The van der Waals surface area contributed by atoms with Gasteiger partial charge in [-0.05, 0) is 43.7 Å². The molecule has 3 rings (SSSR count). The minimum Gasteiger partial charge on any atom is -0.363 e. The molecule has 0 aliphatic carbocycles. The van der Waals surface area contributed by atoms with Crippen molar-refractivity contribution in [3.05, 3.63) is 58.4 Å². The third-order valence-corrected chi connectivity index (χ3v) is 6.37. The second-order valence-electron chi connectivity index (χ2n) is 7.30. The molecule has 29 heavy (non-hydrogen) atoms. The van der Waals surface area contributed by atoms with Crippen molar-refractivity contribution < 1.29 is 13.3 Å². The van der Waals surface area contributed by atoms with Crippen LogP contribution in [0, 0.1) is 10.1 Å². The maximum absolute atomic E-state index is 12.4. The predicted octanol–water partition coefficient (Wildman–Crippen LogP) is 2.00. The fourth-order valence-corrected chi connectivity index (χ4v) is 4.63. The zero-order chi connectivity index (χ0) is 21.0. The molecule has 10 heteroatoms. The summed E-state index contributed by atoms with van der Waals surface area (Å²) in [6.45, 7) is 6.97. The molecule has 0 radical (unpaired) electrons. The molecule has 9 nitrogen and oxygen atoms in total. The highest BCUT2D eigenvalue weighted by Gasteiger charge is 2.27. The van der Waals surface area contributed by atoms with Crippen LogP contribution in [0.15, 0.2) is 47.6 Å². The van der Waals surface area contributed by atoms with Crippen molar-refractivity contribution in [3.8, 4) is 0 Å². The minimum atomic E-state index is -3.79. The highest BCUT2D eigenvalue weighted by atomic mass is 32.2. The van der Waals surface area contributed by atoms with Crippen LogP contribution in [0.1, 0.15) is 19.4 Å². The number of nitrogens with zero attached hydrogens (tertiary/aromatic N) is 4. The highest BCUT2D eigenvalue weighted by Crippen LogP contribution is 2.31. The Hall–Kier alpha value is -2.56. The summed E-state index contributed by atoms with van der Waals surface area (Å²) >= 11 is 0. The fraction of sp³-hybridized carbons (Fsp3) is 0.421. The predicted molar refractivity (Wildman–Crippen MR) is 110 cm³/mol. The number of hydrogen-bond donors (Lipinski definition) is 1. The van der Waals surface area contributed by atoms with Crippen molar-refractivity contribution in [3.63, 3.8) is 0 Å². The van der Waals surface area contributed by atoms with E-state index in [2.05, 4.69) is 14.6 Å². The molecule has 1 saturated heterocycles. The third kappa shape index (κ3) is 5.28. The lowest BCUT2D eigenvalue weighted by Gasteiger charge is -2.35. The van der Waals surface area contributed by atoms with E-state index in [1.165, 1.54) is 17.7 Å². The van der Waals surface area contributed by atoms with Gasteiger partial charge in [0.1, 0.15) is 5.69 Å². The minimum absolute atomic E-state index is 0.0991. The molecular formula is C19H25N5O4S. The largest absolute Gasteiger partial charge is 0.363 e. The quantitative estimate of drug-likeness (QED) is 0.540. The number of anilines is 1.